The maximum atomic E-state index is 13.0. The highest BCUT2D eigenvalue weighted by atomic mass is 19.1. The van der Waals surface area contributed by atoms with Gasteiger partial charge in [-0.1, -0.05) is 30.3 Å². The minimum Gasteiger partial charge on any atom is -0.361 e. The lowest BCUT2D eigenvalue weighted by atomic mass is 9.95. The van der Waals surface area contributed by atoms with Crippen molar-refractivity contribution in [1.29, 1.82) is 0 Å². The fourth-order valence-electron chi connectivity index (χ4n) is 2.93. The van der Waals surface area contributed by atoms with E-state index in [4.69, 9.17) is 0 Å². The second-order valence-electron chi connectivity index (χ2n) is 6.80. The third-order valence-corrected chi connectivity index (χ3v) is 4.06. The van der Waals surface area contributed by atoms with Crippen molar-refractivity contribution in [3.63, 3.8) is 0 Å². The largest absolute Gasteiger partial charge is 0.361 e. The summed E-state index contributed by atoms with van der Waals surface area (Å²) >= 11 is 0. The maximum Gasteiger partial charge on any atom is 0.244 e. The number of hydrogen-bond acceptors (Lipinski definition) is 1. The van der Waals surface area contributed by atoms with E-state index in [0.29, 0.717) is 6.42 Å². The summed E-state index contributed by atoms with van der Waals surface area (Å²) in [7, 11) is 0. The minimum atomic E-state index is -0.431. The molecule has 0 spiro atoms. The van der Waals surface area contributed by atoms with Crippen LogP contribution < -0.4 is 5.32 Å². The van der Waals surface area contributed by atoms with Crippen LogP contribution >= 0.6 is 0 Å². The predicted octanol–water partition coefficient (Wildman–Crippen LogP) is 4.46. The fraction of sp³-hybridized carbons (Fsp3) is 0.190. The van der Waals surface area contributed by atoms with E-state index in [-0.39, 0.29) is 11.7 Å². The van der Waals surface area contributed by atoms with E-state index in [1.807, 2.05) is 50.4 Å². The van der Waals surface area contributed by atoms with Gasteiger partial charge in [0.15, 0.2) is 0 Å². The predicted molar refractivity (Wildman–Crippen MR) is 99.7 cm³/mol. The Morgan fingerprint density at radius 1 is 1.16 bits per heavy atom. The Morgan fingerprint density at radius 2 is 1.88 bits per heavy atom. The Bertz CT molecular complexity index is 907. The molecule has 3 rings (SSSR count). The first-order chi connectivity index (χ1) is 11.9. The van der Waals surface area contributed by atoms with Crippen molar-refractivity contribution in [2.24, 2.45) is 0 Å². The molecule has 25 heavy (non-hydrogen) atoms. The number of halogens is 1. The Balaban J connectivity index is 1.65. The summed E-state index contributed by atoms with van der Waals surface area (Å²) in [4.78, 5) is 15.4. The van der Waals surface area contributed by atoms with Crippen LogP contribution in [-0.4, -0.2) is 16.4 Å². The number of amides is 1. The standard InChI is InChI=1S/C21H21FN2O/c1-21(2,13-15-7-10-17(22)11-8-15)24-20(25)12-9-16-14-23-19-6-4-3-5-18(16)19/h3-12,14,23H,13H2,1-2H3,(H,24,25). The second kappa shape index (κ2) is 6.93. The summed E-state index contributed by atoms with van der Waals surface area (Å²) in [6.07, 6.45) is 5.86. The van der Waals surface area contributed by atoms with Crippen LogP contribution in [0.5, 0.6) is 0 Å². The SMILES string of the molecule is CC(C)(Cc1ccc(F)cc1)NC(=O)C=Cc1c[nH]c2ccccc12. The molecule has 0 radical (unpaired) electrons. The van der Waals surface area contributed by atoms with E-state index >= 15 is 0 Å². The number of H-pyrrole nitrogens is 1. The van der Waals surface area contributed by atoms with Gasteiger partial charge in [0.25, 0.3) is 0 Å². The molecule has 2 aromatic carbocycles. The lowest BCUT2D eigenvalue weighted by Gasteiger charge is -2.25. The zero-order chi connectivity index (χ0) is 17.9. The number of nitrogens with one attached hydrogen (secondary N) is 2. The van der Waals surface area contributed by atoms with Gasteiger partial charge in [-0.25, -0.2) is 4.39 Å². The van der Waals surface area contributed by atoms with Gasteiger partial charge in [-0.2, -0.15) is 0 Å². The lowest BCUT2D eigenvalue weighted by Crippen LogP contribution is -2.44. The molecule has 1 amide bonds. The molecule has 3 nitrogen and oxygen atoms in total. The van der Waals surface area contributed by atoms with Crippen LogP contribution in [-0.2, 0) is 11.2 Å². The maximum absolute atomic E-state index is 13.0. The number of carbonyl (C=O) groups excluding carboxylic acids is 1. The molecule has 0 atom stereocenters. The number of para-hydroxylation sites is 1. The Kier molecular flexibility index (Phi) is 4.70. The molecule has 0 unspecified atom stereocenters. The third kappa shape index (κ3) is 4.35. The van der Waals surface area contributed by atoms with E-state index in [9.17, 15) is 9.18 Å². The van der Waals surface area contributed by atoms with Crippen LogP contribution in [0.4, 0.5) is 4.39 Å². The van der Waals surface area contributed by atoms with Crippen LogP contribution in [0.3, 0.4) is 0 Å². The molecule has 3 aromatic rings. The van der Waals surface area contributed by atoms with Gasteiger partial charge in [0.05, 0.1) is 0 Å². The van der Waals surface area contributed by atoms with E-state index in [0.717, 1.165) is 22.0 Å². The highest BCUT2D eigenvalue weighted by Gasteiger charge is 2.20. The van der Waals surface area contributed by atoms with Gasteiger partial charge in [-0.05, 0) is 55.7 Å². The Labute approximate surface area is 146 Å². The fourth-order valence-corrected chi connectivity index (χ4v) is 2.93. The molecule has 0 saturated heterocycles. The molecular weight excluding hydrogens is 315 g/mol. The highest BCUT2D eigenvalue weighted by molar-refractivity contribution is 5.96. The molecule has 0 aliphatic heterocycles. The molecule has 0 bridgehead atoms. The quantitative estimate of drug-likeness (QED) is 0.664. The number of benzene rings is 2. The molecular formula is C21H21FN2O. The normalized spacial score (nSPS) is 12.0. The van der Waals surface area contributed by atoms with E-state index in [1.54, 1.807) is 18.2 Å². The molecule has 0 fully saturated rings. The molecule has 0 saturated carbocycles. The van der Waals surface area contributed by atoms with E-state index in [1.165, 1.54) is 12.1 Å². The number of hydrogen-bond donors (Lipinski definition) is 2. The van der Waals surface area contributed by atoms with Crippen LogP contribution in [0.25, 0.3) is 17.0 Å². The summed E-state index contributed by atoms with van der Waals surface area (Å²) in [6, 6.07) is 14.3. The van der Waals surface area contributed by atoms with Crippen molar-refractivity contribution in [2.45, 2.75) is 25.8 Å². The number of carbonyl (C=O) groups is 1. The van der Waals surface area contributed by atoms with Gasteiger partial charge < -0.3 is 10.3 Å². The van der Waals surface area contributed by atoms with Crippen molar-refractivity contribution in [3.8, 4) is 0 Å². The van der Waals surface area contributed by atoms with Crippen molar-refractivity contribution >= 4 is 22.9 Å². The molecule has 1 heterocycles. The van der Waals surface area contributed by atoms with Crippen molar-refractivity contribution in [1.82, 2.24) is 10.3 Å². The van der Waals surface area contributed by atoms with Crippen molar-refractivity contribution in [3.05, 3.63) is 77.7 Å². The first-order valence-corrected chi connectivity index (χ1v) is 8.24. The smallest absolute Gasteiger partial charge is 0.244 e. The van der Waals surface area contributed by atoms with Gasteiger partial charge in [0.2, 0.25) is 5.91 Å². The van der Waals surface area contributed by atoms with Crippen LogP contribution in [0.15, 0.2) is 60.8 Å². The van der Waals surface area contributed by atoms with Gasteiger partial charge in [-0.15, -0.1) is 0 Å². The lowest BCUT2D eigenvalue weighted by molar-refractivity contribution is -0.117. The van der Waals surface area contributed by atoms with Crippen molar-refractivity contribution < 1.29 is 9.18 Å². The number of fused-ring (bicyclic) bond motifs is 1. The first kappa shape index (κ1) is 17.0. The number of rotatable bonds is 5. The van der Waals surface area contributed by atoms with Crippen LogP contribution in [0.1, 0.15) is 25.0 Å². The summed E-state index contributed by atoms with van der Waals surface area (Å²) in [5.74, 6) is -0.412. The van der Waals surface area contributed by atoms with Crippen LogP contribution in [0, 0.1) is 5.82 Å². The van der Waals surface area contributed by atoms with E-state index in [2.05, 4.69) is 10.3 Å². The summed E-state index contributed by atoms with van der Waals surface area (Å²) in [5.41, 5.74) is 2.56. The Hall–Kier alpha value is -2.88. The topological polar surface area (TPSA) is 44.9 Å². The summed E-state index contributed by atoms with van der Waals surface area (Å²) in [5, 5.41) is 4.08. The van der Waals surface area contributed by atoms with Gasteiger partial charge in [0, 0.05) is 28.7 Å². The van der Waals surface area contributed by atoms with Gasteiger partial charge in [-0.3, -0.25) is 4.79 Å². The average molecular weight is 336 g/mol. The summed E-state index contributed by atoms with van der Waals surface area (Å²) < 4.78 is 13.0. The summed E-state index contributed by atoms with van der Waals surface area (Å²) in [6.45, 7) is 3.90. The van der Waals surface area contributed by atoms with Gasteiger partial charge in [0.1, 0.15) is 5.82 Å². The first-order valence-electron chi connectivity index (χ1n) is 8.24. The monoisotopic (exact) mass is 336 g/mol. The third-order valence-electron chi connectivity index (χ3n) is 4.06. The van der Waals surface area contributed by atoms with Gasteiger partial charge >= 0.3 is 0 Å². The molecule has 0 aliphatic carbocycles. The zero-order valence-electron chi connectivity index (χ0n) is 14.3. The Morgan fingerprint density at radius 3 is 2.64 bits per heavy atom. The van der Waals surface area contributed by atoms with Crippen molar-refractivity contribution in [2.75, 3.05) is 0 Å². The molecule has 1 aromatic heterocycles. The second-order valence-corrected chi connectivity index (χ2v) is 6.80. The zero-order valence-corrected chi connectivity index (χ0v) is 14.3. The molecule has 2 N–H and O–H groups in total. The van der Waals surface area contributed by atoms with E-state index < -0.39 is 5.54 Å². The molecule has 128 valence electrons. The molecule has 0 aliphatic rings. The molecule has 4 heteroatoms. The number of aromatic nitrogens is 1. The minimum absolute atomic E-state index is 0.155. The van der Waals surface area contributed by atoms with Crippen LogP contribution in [0.2, 0.25) is 0 Å². The number of aromatic amines is 1. The average Bonchev–Trinajstić information content (AvgIpc) is 2.98. The highest BCUT2D eigenvalue weighted by Crippen LogP contribution is 2.19.